The maximum absolute atomic E-state index is 13.8. The number of hydrogen-bond donors (Lipinski definition) is 3. The zero-order valence-electron chi connectivity index (χ0n) is 12.5. The van der Waals surface area contributed by atoms with Gasteiger partial charge in [0, 0.05) is 23.1 Å². The predicted octanol–water partition coefficient (Wildman–Crippen LogP) is 2.00. The lowest BCUT2D eigenvalue weighted by Gasteiger charge is -2.07. The Balaban J connectivity index is 0.00000106. The van der Waals surface area contributed by atoms with Gasteiger partial charge in [-0.2, -0.15) is 5.10 Å². The third-order valence-corrected chi connectivity index (χ3v) is 3.02. The van der Waals surface area contributed by atoms with Crippen molar-refractivity contribution < 1.29 is 19.0 Å². The first-order valence-electron chi connectivity index (χ1n) is 6.64. The van der Waals surface area contributed by atoms with Gasteiger partial charge in [-0.25, -0.2) is 4.39 Å². The highest BCUT2D eigenvalue weighted by Gasteiger charge is 2.19. The number of aromatic amines is 1. The molecular weight excluding hydrogens is 277 g/mol. The molecule has 6 nitrogen and oxygen atoms in total. The zero-order valence-corrected chi connectivity index (χ0v) is 12.5. The van der Waals surface area contributed by atoms with Crippen LogP contribution in [0.1, 0.15) is 25.1 Å². The van der Waals surface area contributed by atoms with E-state index in [-0.39, 0.29) is 12.2 Å². The lowest BCUT2D eigenvalue weighted by Crippen LogP contribution is -2.32. The van der Waals surface area contributed by atoms with Crippen LogP contribution >= 0.6 is 0 Å². The summed E-state index contributed by atoms with van der Waals surface area (Å²) in [5.74, 6) is -1.49. The summed E-state index contributed by atoms with van der Waals surface area (Å²) in [5, 5.41) is 16.1. The number of benzene rings is 1. The molecule has 0 aliphatic carbocycles. The Hall–Kier alpha value is -2.15. The van der Waals surface area contributed by atoms with E-state index in [0.29, 0.717) is 22.2 Å². The number of aromatic nitrogens is 2. The van der Waals surface area contributed by atoms with Crippen molar-refractivity contribution in [3.05, 3.63) is 23.1 Å². The van der Waals surface area contributed by atoms with Crippen LogP contribution in [0.2, 0.25) is 0 Å². The number of fused-ring (bicyclic) bond motifs is 1. The molecule has 0 aliphatic heterocycles. The standard InChI is InChI=1S/C12H14FN3O3.C2H6/c1-5-10(13)9(19-2)3-6-8(15-16-11(5)6)4-7(14)12(17)18;1-2/h3,7H,4,14H2,1-2H3,(H,15,16)(H,17,18);1-2H3. The van der Waals surface area contributed by atoms with E-state index < -0.39 is 17.8 Å². The molecule has 21 heavy (non-hydrogen) atoms. The van der Waals surface area contributed by atoms with Crippen LogP contribution in [0, 0.1) is 12.7 Å². The third-order valence-electron chi connectivity index (χ3n) is 3.02. The van der Waals surface area contributed by atoms with Gasteiger partial charge >= 0.3 is 5.97 Å². The number of nitrogens with two attached hydrogens (primary N) is 1. The summed E-state index contributed by atoms with van der Waals surface area (Å²) in [5.41, 5.74) is 6.83. The van der Waals surface area contributed by atoms with Gasteiger partial charge < -0.3 is 15.6 Å². The number of halogens is 1. The Morgan fingerprint density at radius 2 is 2.19 bits per heavy atom. The highest BCUT2D eigenvalue weighted by molar-refractivity contribution is 5.86. The summed E-state index contributed by atoms with van der Waals surface area (Å²) in [6, 6.07) is 0.449. The van der Waals surface area contributed by atoms with Crippen LogP contribution in [-0.2, 0) is 11.2 Å². The van der Waals surface area contributed by atoms with Crippen molar-refractivity contribution in [1.29, 1.82) is 0 Å². The van der Waals surface area contributed by atoms with E-state index in [1.807, 2.05) is 13.8 Å². The minimum Gasteiger partial charge on any atom is -0.494 e. The van der Waals surface area contributed by atoms with Crippen LogP contribution in [0.25, 0.3) is 10.9 Å². The minimum atomic E-state index is -1.10. The van der Waals surface area contributed by atoms with E-state index in [4.69, 9.17) is 15.6 Å². The number of carboxylic acids is 1. The van der Waals surface area contributed by atoms with Crippen LogP contribution in [0.4, 0.5) is 4.39 Å². The number of aliphatic carboxylic acids is 1. The third kappa shape index (κ3) is 3.30. The van der Waals surface area contributed by atoms with Crippen LogP contribution in [0.15, 0.2) is 6.07 Å². The normalized spacial score (nSPS) is 11.7. The molecule has 0 bridgehead atoms. The second kappa shape index (κ2) is 7.03. The van der Waals surface area contributed by atoms with Gasteiger partial charge in [0.15, 0.2) is 11.6 Å². The summed E-state index contributed by atoms with van der Waals surface area (Å²) in [6.45, 7) is 5.59. The van der Waals surface area contributed by atoms with E-state index >= 15 is 0 Å². The highest BCUT2D eigenvalue weighted by Crippen LogP contribution is 2.29. The molecule has 0 fully saturated rings. The largest absolute Gasteiger partial charge is 0.494 e. The maximum Gasteiger partial charge on any atom is 0.320 e. The van der Waals surface area contributed by atoms with Crippen LogP contribution in [-0.4, -0.2) is 34.4 Å². The quantitative estimate of drug-likeness (QED) is 0.801. The molecule has 1 aromatic carbocycles. The number of ether oxygens (including phenoxy) is 1. The second-order valence-electron chi connectivity index (χ2n) is 4.26. The van der Waals surface area contributed by atoms with Gasteiger partial charge in [0.2, 0.25) is 0 Å². The summed E-state index contributed by atoms with van der Waals surface area (Å²) < 4.78 is 18.8. The Kier molecular flexibility index (Phi) is 5.66. The molecular formula is C14H20FN3O3. The first kappa shape index (κ1) is 16.9. The molecule has 0 saturated heterocycles. The van der Waals surface area contributed by atoms with E-state index in [1.54, 1.807) is 6.92 Å². The van der Waals surface area contributed by atoms with Crippen molar-refractivity contribution in [1.82, 2.24) is 10.2 Å². The van der Waals surface area contributed by atoms with Crippen LogP contribution in [0.5, 0.6) is 5.75 Å². The molecule has 1 atom stereocenters. The molecule has 1 aromatic heterocycles. The number of rotatable bonds is 4. The SMILES string of the molecule is CC.COc1cc2c(CC(N)C(=O)O)[nH]nc2c(C)c1F. The molecule has 2 aromatic rings. The molecule has 1 heterocycles. The maximum atomic E-state index is 13.8. The number of nitrogens with one attached hydrogen (secondary N) is 1. The van der Waals surface area contributed by atoms with E-state index in [0.717, 1.165) is 0 Å². The summed E-state index contributed by atoms with van der Waals surface area (Å²) in [4.78, 5) is 10.8. The molecule has 116 valence electrons. The lowest BCUT2D eigenvalue weighted by molar-refractivity contribution is -0.138. The number of hydrogen-bond acceptors (Lipinski definition) is 4. The van der Waals surface area contributed by atoms with Crippen molar-refractivity contribution in [2.75, 3.05) is 7.11 Å². The van der Waals surface area contributed by atoms with Gasteiger partial charge in [0.05, 0.1) is 12.6 Å². The fourth-order valence-electron chi connectivity index (χ4n) is 1.92. The number of carboxylic acid groups (broad SMARTS) is 1. The molecule has 0 radical (unpaired) electrons. The second-order valence-corrected chi connectivity index (χ2v) is 4.26. The average Bonchev–Trinajstić information content (AvgIpc) is 2.87. The summed E-state index contributed by atoms with van der Waals surface area (Å²) >= 11 is 0. The summed E-state index contributed by atoms with van der Waals surface area (Å²) in [7, 11) is 1.37. The monoisotopic (exact) mass is 297 g/mol. The van der Waals surface area contributed by atoms with Gasteiger partial charge in [0.25, 0.3) is 0 Å². The van der Waals surface area contributed by atoms with Crippen molar-refractivity contribution in [2.45, 2.75) is 33.2 Å². The lowest BCUT2D eigenvalue weighted by atomic mass is 10.1. The smallest absolute Gasteiger partial charge is 0.320 e. The Morgan fingerprint density at radius 1 is 1.57 bits per heavy atom. The fraction of sp³-hybridized carbons (Fsp3) is 0.429. The van der Waals surface area contributed by atoms with Gasteiger partial charge in [-0.3, -0.25) is 9.89 Å². The number of carbonyl (C=O) groups is 1. The van der Waals surface area contributed by atoms with Crippen molar-refractivity contribution in [2.24, 2.45) is 5.73 Å². The summed E-state index contributed by atoms with van der Waals surface area (Å²) in [6.07, 6.45) is 0.0834. The first-order valence-corrected chi connectivity index (χ1v) is 6.64. The molecule has 1 unspecified atom stereocenters. The number of methoxy groups -OCH3 is 1. The van der Waals surface area contributed by atoms with Gasteiger partial charge in [0.1, 0.15) is 6.04 Å². The Morgan fingerprint density at radius 3 is 2.71 bits per heavy atom. The molecule has 2 rings (SSSR count). The number of aryl methyl sites for hydroxylation is 1. The zero-order chi connectivity index (χ0) is 16.2. The Labute approximate surface area is 122 Å². The minimum absolute atomic E-state index is 0.0834. The van der Waals surface area contributed by atoms with Gasteiger partial charge in [-0.15, -0.1) is 0 Å². The molecule has 4 N–H and O–H groups in total. The molecule has 7 heteroatoms. The highest BCUT2D eigenvalue weighted by atomic mass is 19.1. The Bertz CT molecular complexity index is 640. The topological polar surface area (TPSA) is 101 Å². The number of H-pyrrole nitrogens is 1. The van der Waals surface area contributed by atoms with Gasteiger partial charge in [-0.1, -0.05) is 13.8 Å². The average molecular weight is 297 g/mol. The molecule has 0 amide bonds. The molecule has 0 saturated carbocycles. The van der Waals surface area contributed by atoms with E-state index in [2.05, 4.69) is 10.2 Å². The first-order chi connectivity index (χ1) is 9.95. The van der Waals surface area contributed by atoms with Gasteiger partial charge in [-0.05, 0) is 13.0 Å². The number of nitrogens with zero attached hydrogens (tertiary/aromatic N) is 1. The fourth-order valence-corrected chi connectivity index (χ4v) is 1.92. The van der Waals surface area contributed by atoms with Crippen molar-refractivity contribution >= 4 is 16.9 Å². The van der Waals surface area contributed by atoms with E-state index in [1.165, 1.54) is 13.2 Å². The van der Waals surface area contributed by atoms with Crippen molar-refractivity contribution in [3.8, 4) is 5.75 Å². The van der Waals surface area contributed by atoms with E-state index in [9.17, 15) is 9.18 Å². The van der Waals surface area contributed by atoms with Crippen LogP contribution in [0.3, 0.4) is 0 Å². The predicted molar refractivity (Wildman–Crippen MR) is 78.0 cm³/mol. The van der Waals surface area contributed by atoms with Crippen LogP contribution < -0.4 is 10.5 Å². The molecule has 0 aliphatic rings. The molecule has 0 spiro atoms. The van der Waals surface area contributed by atoms with Crippen molar-refractivity contribution in [3.63, 3.8) is 0 Å².